The number of amides is 1. The van der Waals surface area contributed by atoms with E-state index in [0.717, 1.165) is 22.5 Å². The lowest BCUT2D eigenvalue weighted by Gasteiger charge is -2.20. The molecule has 0 N–H and O–H groups in total. The highest BCUT2D eigenvalue weighted by molar-refractivity contribution is 6.13. The standard InChI is InChI=1S/C20H22N2O/c1-14(2)19-16-11-7-8-12-18(16)22(3)20(23)17(21-19)13-15-9-5-4-6-10-15/h4-12,14,17H,13H2,1-3H3/t17-/m0/s1. The van der Waals surface area contributed by atoms with Crippen LogP contribution in [0.5, 0.6) is 0 Å². The van der Waals surface area contributed by atoms with Gasteiger partial charge in [-0.15, -0.1) is 0 Å². The monoisotopic (exact) mass is 306 g/mol. The number of hydrogen-bond acceptors (Lipinski definition) is 2. The Balaban J connectivity index is 2.05. The molecule has 0 saturated carbocycles. The molecule has 3 rings (SSSR count). The topological polar surface area (TPSA) is 32.7 Å². The van der Waals surface area contributed by atoms with Gasteiger partial charge in [0, 0.05) is 24.7 Å². The van der Waals surface area contributed by atoms with E-state index in [1.807, 2.05) is 43.4 Å². The summed E-state index contributed by atoms with van der Waals surface area (Å²) in [4.78, 5) is 19.5. The van der Waals surface area contributed by atoms with E-state index in [4.69, 9.17) is 4.99 Å². The lowest BCUT2D eigenvalue weighted by atomic mass is 9.98. The van der Waals surface area contributed by atoms with E-state index in [9.17, 15) is 4.79 Å². The molecule has 0 spiro atoms. The quantitative estimate of drug-likeness (QED) is 0.850. The number of fused-ring (bicyclic) bond motifs is 1. The highest BCUT2D eigenvalue weighted by Crippen LogP contribution is 2.28. The third-order valence-electron chi connectivity index (χ3n) is 4.27. The van der Waals surface area contributed by atoms with Gasteiger partial charge in [-0.1, -0.05) is 62.4 Å². The van der Waals surface area contributed by atoms with Gasteiger partial charge in [0.05, 0.1) is 5.69 Å². The van der Waals surface area contributed by atoms with Crippen LogP contribution in [0.4, 0.5) is 5.69 Å². The Bertz CT molecular complexity index is 734. The van der Waals surface area contributed by atoms with E-state index < -0.39 is 0 Å². The molecule has 3 heteroatoms. The lowest BCUT2D eigenvalue weighted by molar-refractivity contribution is -0.119. The zero-order valence-electron chi connectivity index (χ0n) is 13.9. The lowest BCUT2D eigenvalue weighted by Crippen LogP contribution is -2.36. The number of carbonyl (C=O) groups excluding carboxylic acids is 1. The third-order valence-corrected chi connectivity index (χ3v) is 4.27. The minimum Gasteiger partial charge on any atom is -0.313 e. The molecule has 1 heterocycles. The van der Waals surface area contributed by atoms with Crippen molar-refractivity contribution in [1.82, 2.24) is 0 Å². The molecule has 1 amide bonds. The maximum Gasteiger partial charge on any atom is 0.251 e. The van der Waals surface area contributed by atoms with Crippen LogP contribution in [0.3, 0.4) is 0 Å². The second kappa shape index (κ2) is 6.37. The number of nitrogens with zero attached hydrogens (tertiary/aromatic N) is 2. The van der Waals surface area contributed by atoms with Crippen molar-refractivity contribution in [2.24, 2.45) is 10.9 Å². The van der Waals surface area contributed by atoms with Crippen LogP contribution >= 0.6 is 0 Å². The molecule has 0 fully saturated rings. The first-order valence-corrected chi connectivity index (χ1v) is 8.06. The van der Waals surface area contributed by atoms with Gasteiger partial charge in [0.2, 0.25) is 0 Å². The Morgan fingerprint density at radius 2 is 1.70 bits per heavy atom. The van der Waals surface area contributed by atoms with E-state index in [2.05, 4.69) is 32.0 Å². The van der Waals surface area contributed by atoms with Crippen LogP contribution in [0, 0.1) is 5.92 Å². The molecule has 118 valence electrons. The van der Waals surface area contributed by atoms with Crippen molar-refractivity contribution in [3.8, 4) is 0 Å². The summed E-state index contributed by atoms with van der Waals surface area (Å²) in [6, 6.07) is 17.8. The van der Waals surface area contributed by atoms with E-state index in [-0.39, 0.29) is 17.9 Å². The van der Waals surface area contributed by atoms with E-state index >= 15 is 0 Å². The number of hydrogen-bond donors (Lipinski definition) is 0. The average molecular weight is 306 g/mol. The van der Waals surface area contributed by atoms with Gasteiger partial charge in [-0.05, 0) is 17.5 Å². The first-order valence-electron chi connectivity index (χ1n) is 8.06. The van der Waals surface area contributed by atoms with Crippen molar-refractivity contribution in [3.05, 3.63) is 65.7 Å². The second-order valence-corrected chi connectivity index (χ2v) is 6.29. The van der Waals surface area contributed by atoms with Crippen LogP contribution in [0.25, 0.3) is 0 Å². The molecule has 0 saturated heterocycles. The molecule has 3 nitrogen and oxygen atoms in total. The number of anilines is 1. The summed E-state index contributed by atoms with van der Waals surface area (Å²) in [5.41, 5.74) is 4.16. The molecule has 23 heavy (non-hydrogen) atoms. The zero-order valence-corrected chi connectivity index (χ0v) is 13.9. The molecule has 0 aromatic heterocycles. The van der Waals surface area contributed by atoms with Crippen molar-refractivity contribution in [3.63, 3.8) is 0 Å². The van der Waals surface area contributed by atoms with Gasteiger partial charge in [0.15, 0.2) is 0 Å². The number of benzene rings is 2. The van der Waals surface area contributed by atoms with Crippen molar-refractivity contribution < 1.29 is 4.79 Å². The molecular formula is C20H22N2O. The van der Waals surface area contributed by atoms with Crippen molar-refractivity contribution >= 4 is 17.3 Å². The summed E-state index contributed by atoms with van der Waals surface area (Å²) in [6.07, 6.45) is 0.633. The highest BCUT2D eigenvalue weighted by atomic mass is 16.2. The molecule has 1 atom stereocenters. The van der Waals surface area contributed by atoms with Crippen LogP contribution in [0.15, 0.2) is 59.6 Å². The zero-order chi connectivity index (χ0) is 16.4. The molecule has 2 aromatic rings. The van der Waals surface area contributed by atoms with Crippen molar-refractivity contribution in [1.29, 1.82) is 0 Å². The molecule has 0 radical (unpaired) electrons. The summed E-state index contributed by atoms with van der Waals surface area (Å²) in [5.74, 6) is 0.325. The largest absolute Gasteiger partial charge is 0.313 e. The third kappa shape index (κ3) is 3.04. The van der Waals surface area contributed by atoms with Crippen molar-refractivity contribution in [2.75, 3.05) is 11.9 Å². The molecule has 2 aromatic carbocycles. The maximum absolute atomic E-state index is 12.9. The minimum atomic E-state index is -0.368. The maximum atomic E-state index is 12.9. The fraction of sp³-hybridized carbons (Fsp3) is 0.300. The van der Waals surface area contributed by atoms with Gasteiger partial charge < -0.3 is 4.90 Å². The molecular weight excluding hydrogens is 284 g/mol. The van der Waals surface area contributed by atoms with E-state index in [0.29, 0.717) is 6.42 Å². The summed E-state index contributed by atoms with van der Waals surface area (Å²) in [5, 5.41) is 0. The van der Waals surface area contributed by atoms with E-state index in [1.54, 1.807) is 4.90 Å². The number of aliphatic imine (C=N–C) groups is 1. The normalized spacial score (nSPS) is 17.7. The van der Waals surface area contributed by atoms with Gasteiger partial charge in [-0.3, -0.25) is 9.79 Å². The number of para-hydroxylation sites is 1. The Morgan fingerprint density at radius 3 is 2.39 bits per heavy atom. The number of carbonyl (C=O) groups is 1. The predicted octanol–water partition coefficient (Wildman–Crippen LogP) is 3.72. The summed E-state index contributed by atoms with van der Waals surface area (Å²) < 4.78 is 0. The Morgan fingerprint density at radius 1 is 1.04 bits per heavy atom. The summed E-state index contributed by atoms with van der Waals surface area (Å²) in [7, 11) is 1.85. The van der Waals surface area contributed by atoms with Crippen LogP contribution < -0.4 is 4.90 Å². The Kier molecular flexibility index (Phi) is 4.28. The number of benzodiazepines with no additional fused rings is 1. The van der Waals surface area contributed by atoms with Gasteiger partial charge in [-0.25, -0.2) is 0 Å². The van der Waals surface area contributed by atoms with Crippen LogP contribution in [-0.2, 0) is 11.2 Å². The highest BCUT2D eigenvalue weighted by Gasteiger charge is 2.30. The van der Waals surface area contributed by atoms with Gasteiger partial charge in [0.25, 0.3) is 5.91 Å². The fourth-order valence-corrected chi connectivity index (χ4v) is 3.05. The van der Waals surface area contributed by atoms with E-state index in [1.165, 1.54) is 0 Å². The van der Waals surface area contributed by atoms with Gasteiger partial charge in [-0.2, -0.15) is 0 Å². The predicted molar refractivity (Wildman–Crippen MR) is 95.2 cm³/mol. The number of likely N-dealkylation sites (N-methyl/N-ethyl adjacent to an activating group) is 1. The van der Waals surface area contributed by atoms with Gasteiger partial charge >= 0.3 is 0 Å². The molecule has 0 bridgehead atoms. The fourth-order valence-electron chi connectivity index (χ4n) is 3.05. The second-order valence-electron chi connectivity index (χ2n) is 6.29. The first kappa shape index (κ1) is 15.5. The molecule has 0 unspecified atom stereocenters. The number of rotatable bonds is 3. The molecule has 1 aliphatic heterocycles. The Labute approximate surface area is 137 Å². The van der Waals surface area contributed by atoms with Crippen molar-refractivity contribution in [2.45, 2.75) is 26.3 Å². The van der Waals surface area contributed by atoms with Gasteiger partial charge in [0.1, 0.15) is 6.04 Å². The minimum absolute atomic E-state index is 0.0527. The average Bonchev–Trinajstić information content (AvgIpc) is 2.67. The molecule has 1 aliphatic rings. The summed E-state index contributed by atoms with van der Waals surface area (Å²) >= 11 is 0. The van der Waals surface area contributed by atoms with Crippen LogP contribution in [0.1, 0.15) is 25.0 Å². The first-order chi connectivity index (χ1) is 11.1. The summed E-state index contributed by atoms with van der Waals surface area (Å²) in [6.45, 7) is 4.26. The molecule has 0 aliphatic carbocycles. The SMILES string of the molecule is CC(C)C1=N[C@@H](Cc2ccccc2)C(=O)N(C)c2ccccc21. The smallest absolute Gasteiger partial charge is 0.251 e. The van der Waals surface area contributed by atoms with Crippen LogP contribution in [-0.4, -0.2) is 24.7 Å². The van der Waals surface area contributed by atoms with Crippen LogP contribution in [0.2, 0.25) is 0 Å². The Hall–Kier alpha value is -2.42.